The number of likely N-dealkylation sites (tertiary alicyclic amines) is 1. The molecule has 1 saturated heterocycles. The average molecular weight is 298 g/mol. The van der Waals surface area contributed by atoms with Crippen molar-refractivity contribution in [2.45, 2.75) is 78.3 Å². The second kappa shape index (κ2) is 9.12. The lowest BCUT2D eigenvalue weighted by molar-refractivity contribution is 0.0638. The third kappa shape index (κ3) is 4.94. The van der Waals surface area contributed by atoms with Gasteiger partial charge in [-0.2, -0.15) is 0 Å². The van der Waals surface area contributed by atoms with Crippen molar-refractivity contribution in [2.75, 3.05) is 32.7 Å². The van der Waals surface area contributed by atoms with Gasteiger partial charge in [-0.1, -0.05) is 33.6 Å². The van der Waals surface area contributed by atoms with Crippen molar-refractivity contribution >= 4 is 0 Å². The fourth-order valence-corrected chi connectivity index (χ4v) is 3.88. The molecule has 0 bridgehead atoms. The lowest BCUT2D eigenvalue weighted by atomic mass is 9.87. The Bertz CT molecular complexity index is 276. The lowest BCUT2D eigenvalue weighted by Crippen LogP contribution is -2.55. The SMILES string of the molecule is CCC(CC)CN(CC)C1(CN)CCCN(C(C)C)CC1. The van der Waals surface area contributed by atoms with E-state index in [0.717, 1.165) is 19.0 Å². The van der Waals surface area contributed by atoms with Crippen LogP contribution in [0.5, 0.6) is 0 Å². The summed E-state index contributed by atoms with van der Waals surface area (Å²) in [7, 11) is 0. The third-order valence-corrected chi connectivity index (χ3v) is 5.75. The van der Waals surface area contributed by atoms with Crippen LogP contribution in [0.1, 0.15) is 66.7 Å². The standard InChI is InChI=1S/C18H39N3/c1-6-17(7-2)14-21(8-3)18(15-19)10-9-12-20(13-11-18)16(4)5/h16-17H,6-15,19H2,1-5H3. The van der Waals surface area contributed by atoms with Crippen molar-refractivity contribution in [3.05, 3.63) is 0 Å². The van der Waals surface area contributed by atoms with E-state index < -0.39 is 0 Å². The van der Waals surface area contributed by atoms with Gasteiger partial charge < -0.3 is 10.6 Å². The Morgan fingerprint density at radius 1 is 1.10 bits per heavy atom. The summed E-state index contributed by atoms with van der Waals surface area (Å²) in [6.45, 7) is 17.2. The number of hydrogen-bond acceptors (Lipinski definition) is 3. The van der Waals surface area contributed by atoms with Gasteiger partial charge in [-0.05, 0) is 52.1 Å². The number of hydrogen-bond donors (Lipinski definition) is 1. The van der Waals surface area contributed by atoms with Gasteiger partial charge in [0.1, 0.15) is 0 Å². The van der Waals surface area contributed by atoms with Gasteiger partial charge >= 0.3 is 0 Å². The summed E-state index contributed by atoms with van der Waals surface area (Å²) in [5, 5.41) is 0. The van der Waals surface area contributed by atoms with Crippen LogP contribution in [0.3, 0.4) is 0 Å². The average Bonchev–Trinajstić information content (AvgIpc) is 2.72. The van der Waals surface area contributed by atoms with Gasteiger partial charge in [0.15, 0.2) is 0 Å². The van der Waals surface area contributed by atoms with Crippen LogP contribution >= 0.6 is 0 Å². The fraction of sp³-hybridized carbons (Fsp3) is 1.00. The maximum atomic E-state index is 6.30. The first-order valence-corrected chi connectivity index (χ1v) is 9.22. The van der Waals surface area contributed by atoms with Gasteiger partial charge in [0, 0.05) is 31.2 Å². The highest BCUT2D eigenvalue weighted by Gasteiger charge is 2.37. The molecule has 0 aromatic rings. The maximum absolute atomic E-state index is 6.30. The van der Waals surface area contributed by atoms with E-state index in [-0.39, 0.29) is 5.54 Å². The van der Waals surface area contributed by atoms with Crippen LogP contribution in [0.4, 0.5) is 0 Å². The minimum Gasteiger partial charge on any atom is -0.329 e. The Balaban J connectivity index is 2.80. The summed E-state index contributed by atoms with van der Waals surface area (Å²) in [4.78, 5) is 5.34. The van der Waals surface area contributed by atoms with Crippen molar-refractivity contribution < 1.29 is 0 Å². The monoisotopic (exact) mass is 297 g/mol. The summed E-state index contributed by atoms with van der Waals surface area (Å²) in [5.74, 6) is 0.817. The van der Waals surface area contributed by atoms with E-state index >= 15 is 0 Å². The molecule has 0 aromatic heterocycles. The Hall–Kier alpha value is -0.120. The van der Waals surface area contributed by atoms with Crippen LogP contribution in [0.2, 0.25) is 0 Å². The first-order valence-electron chi connectivity index (χ1n) is 9.22. The molecular weight excluding hydrogens is 258 g/mol. The molecule has 0 saturated carbocycles. The fourth-order valence-electron chi connectivity index (χ4n) is 3.88. The molecule has 1 aliphatic heterocycles. The van der Waals surface area contributed by atoms with E-state index in [1.807, 2.05) is 0 Å². The molecule has 1 aliphatic rings. The van der Waals surface area contributed by atoms with E-state index in [2.05, 4.69) is 44.4 Å². The first kappa shape index (κ1) is 18.9. The van der Waals surface area contributed by atoms with Crippen molar-refractivity contribution in [1.82, 2.24) is 9.80 Å². The van der Waals surface area contributed by atoms with Crippen LogP contribution in [0, 0.1) is 5.92 Å². The Labute approximate surface area is 133 Å². The zero-order valence-corrected chi connectivity index (χ0v) is 15.2. The van der Waals surface area contributed by atoms with Gasteiger partial charge in [-0.25, -0.2) is 0 Å². The van der Waals surface area contributed by atoms with Gasteiger partial charge in [0.25, 0.3) is 0 Å². The van der Waals surface area contributed by atoms with E-state index in [0.29, 0.717) is 6.04 Å². The molecule has 21 heavy (non-hydrogen) atoms. The van der Waals surface area contributed by atoms with Gasteiger partial charge in [0.05, 0.1) is 0 Å². The Morgan fingerprint density at radius 2 is 1.76 bits per heavy atom. The van der Waals surface area contributed by atoms with Crippen LogP contribution in [-0.4, -0.2) is 54.1 Å². The van der Waals surface area contributed by atoms with E-state index in [9.17, 15) is 0 Å². The highest BCUT2D eigenvalue weighted by molar-refractivity contribution is 4.95. The number of nitrogens with two attached hydrogens (primary N) is 1. The molecule has 0 aliphatic carbocycles. The molecule has 3 heteroatoms. The van der Waals surface area contributed by atoms with Gasteiger partial charge in [0.2, 0.25) is 0 Å². The van der Waals surface area contributed by atoms with Crippen molar-refractivity contribution in [2.24, 2.45) is 11.7 Å². The molecule has 0 spiro atoms. The van der Waals surface area contributed by atoms with Crippen molar-refractivity contribution in [3.63, 3.8) is 0 Å². The molecular formula is C18H39N3. The van der Waals surface area contributed by atoms with Gasteiger partial charge in [-0.15, -0.1) is 0 Å². The van der Waals surface area contributed by atoms with Crippen molar-refractivity contribution in [3.8, 4) is 0 Å². The Kier molecular flexibility index (Phi) is 8.22. The number of nitrogens with zero attached hydrogens (tertiary/aromatic N) is 2. The number of rotatable bonds is 8. The summed E-state index contributed by atoms with van der Waals surface area (Å²) >= 11 is 0. The predicted octanol–water partition coefficient (Wildman–Crippen LogP) is 3.34. The van der Waals surface area contributed by atoms with Crippen LogP contribution in [-0.2, 0) is 0 Å². The zero-order valence-electron chi connectivity index (χ0n) is 15.2. The summed E-state index contributed by atoms with van der Waals surface area (Å²) in [6, 6.07) is 0.660. The topological polar surface area (TPSA) is 32.5 Å². The summed E-state index contributed by atoms with van der Waals surface area (Å²) < 4.78 is 0. The van der Waals surface area contributed by atoms with Crippen LogP contribution < -0.4 is 5.73 Å². The van der Waals surface area contributed by atoms with Gasteiger partial charge in [-0.3, -0.25) is 4.90 Å². The molecule has 1 fully saturated rings. The second-order valence-electron chi connectivity index (χ2n) is 7.13. The quantitative estimate of drug-likeness (QED) is 0.746. The molecule has 2 N–H and O–H groups in total. The molecule has 0 amide bonds. The Morgan fingerprint density at radius 3 is 2.24 bits per heavy atom. The third-order valence-electron chi connectivity index (χ3n) is 5.75. The van der Waals surface area contributed by atoms with E-state index in [1.165, 1.54) is 51.7 Å². The maximum Gasteiger partial charge on any atom is 0.0344 e. The predicted molar refractivity (Wildman–Crippen MR) is 93.7 cm³/mol. The van der Waals surface area contributed by atoms with Crippen LogP contribution in [0.15, 0.2) is 0 Å². The molecule has 1 heterocycles. The zero-order chi connectivity index (χ0) is 15.9. The minimum atomic E-state index is 0.237. The molecule has 0 aromatic carbocycles. The minimum absolute atomic E-state index is 0.237. The highest BCUT2D eigenvalue weighted by Crippen LogP contribution is 2.30. The van der Waals surface area contributed by atoms with E-state index in [1.54, 1.807) is 0 Å². The molecule has 126 valence electrons. The number of likely N-dealkylation sites (N-methyl/N-ethyl adjacent to an activating group) is 1. The lowest BCUT2D eigenvalue weighted by Gasteiger charge is -2.44. The van der Waals surface area contributed by atoms with Crippen molar-refractivity contribution in [1.29, 1.82) is 0 Å². The highest BCUT2D eigenvalue weighted by atomic mass is 15.2. The largest absolute Gasteiger partial charge is 0.329 e. The van der Waals surface area contributed by atoms with E-state index in [4.69, 9.17) is 5.73 Å². The van der Waals surface area contributed by atoms with Crippen LogP contribution in [0.25, 0.3) is 0 Å². The summed E-state index contributed by atoms with van der Waals surface area (Å²) in [6.07, 6.45) is 6.35. The molecule has 3 nitrogen and oxygen atoms in total. The normalized spacial score (nSPS) is 25.0. The second-order valence-corrected chi connectivity index (χ2v) is 7.13. The molecule has 0 radical (unpaired) electrons. The summed E-state index contributed by atoms with van der Waals surface area (Å²) in [5.41, 5.74) is 6.54. The molecule has 1 rings (SSSR count). The first-order chi connectivity index (χ1) is 10.0. The molecule has 1 unspecified atom stereocenters. The smallest absolute Gasteiger partial charge is 0.0344 e. The molecule has 1 atom stereocenters.